The molecule has 2 aromatic rings. The van der Waals surface area contributed by atoms with Gasteiger partial charge in [0.15, 0.2) is 0 Å². The van der Waals surface area contributed by atoms with E-state index < -0.39 is 48.5 Å². The van der Waals surface area contributed by atoms with Crippen molar-refractivity contribution in [2.24, 2.45) is 5.41 Å². The van der Waals surface area contributed by atoms with Gasteiger partial charge in [-0.1, -0.05) is 61.3 Å². The number of carbonyl (C=O) groups excluding carboxylic acids is 1. The van der Waals surface area contributed by atoms with Crippen molar-refractivity contribution in [2.45, 2.75) is 57.3 Å². The number of rotatable bonds is 9. The van der Waals surface area contributed by atoms with Crippen LogP contribution in [0.4, 0.5) is 13.2 Å². The molecule has 1 fully saturated rings. The molecule has 1 aliphatic rings. The van der Waals surface area contributed by atoms with Crippen LogP contribution >= 0.6 is 23.2 Å². The molecule has 1 saturated heterocycles. The first kappa shape index (κ1) is 28.3. The van der Waals surface area contributed by atoms with E-state index in [-0.39, 0.29) is 18.9 Å². The molecule has 10 heteroatoms. The van der Waals surface area contributed by atoms with E-state index in [4.69, 9.17) is 23.2 Å². The van der Waals surface area contributed by atoms with E-state index in [0.717, 1.165) is 11.1 Å². The van der Waals surface area contributed by atoms with E-state index in [9.17, 15) is 27.9 Å². The standard InChI is InChI=1S/C26H29Cl2F3N2O3/c1-3-20(14-32-15-26(29,30)31)33-23(16-7-9-18(27)10-8-16)21(17-5-4-6-19(28)11-17)12-25(2,24(33)36)13-22(34)35/h4-11,20-21,23,32H,3,12-15H2,1-2H3,(H,34,35). The minimum atomic E-state index is -4.40. The zero-order valence-corrected chi connectivity index (χ0v) is 21.5. The first-order chi connectivity index (χ1) is 16.8. The highest BCUT2D eigenvalue weighted by Crippen LogP contribution is 2.52. The van der Waals surface area contributed by atoms with Crippen LogP contribution in [0.5, 0.6) is 0 Å². The highest BCUT2D eigenvalue weighted by atomic mass is 35.5. The molecule has 2 aromatic carbocycles. The van der Waals surface area contributed by atoms with Gasteiger partial charge in [0.25, 0.3) is 0 Å². The predicted molar refractivity (Wildman–Crippen MR) is 133 cm³/mol. The summed E-state index contributed by atoms with van der Waals surface area (Å²) in [7, 11) is 0. The van der Waals surface area contributed by atoms with Gasteiger partial charge in [-0.25, -0.2) is 0 Å². The fraction of sp³-hybridized carbons (Fsp3) is 0.462. The fourth-order valence-corrected chi connectivity index (χ4v) is 5.43. The van der Waals surface area contributed by atoms with Crippen LogP contribution in [0.3, 0.4) is 0 Å². The number of halogens is 5. The number of aliphatic carboxylic acids is 1. The summed E-state index contributed by atoms with van der Waals surface area (Å²) < 4.78 is 38.6. The quantitative estimate of drug-likeness (QED) is 0.380. The lowest BCUT2D eigenvalue weighted by Crippen LogP contribution is -2.58. The Balaban J connectivity index is 2.15. The van der Waals surface area contributed by atoms with Crippen molar-refractivity contribution in [3.05, 3.63) is 69.7 Å². The van der Waals surface area contributed by atoms with Gasteiger partial charge in [0.05, 0.1) is 24.4 Å². The third kappa shape index (κ3) is 6.72. The van der Waals surface area contributed by atoms with Gasteiger partial charge in [0, 0.05) is 28.5 Å². The highest BCUT2D eigenvalue weighted by molar-refractivity contribution is 6.30. The Hall–Kier alpha value is -2.29. The van der Waals surface area contributed by atoms with Crippen LogP contribution < -0.4 is 5.32 Å². The molecule has 1 amide bonds. The number of amides is 1. The molecule has 36 heavy (non-hydrogen) atoms. The van der Waals surface area contributed by atoms with Crippen molar-refractivity contribution in [1.29, 1.82) is 0 Å². The molecule has 0 bridgehead atoms. The second kappa shape index (κ2) is 11.4. The Morgan fingerprint density at radius 2 is 1.83 bits per heavy atom. The van der Waals surface area contributed by atoms with Gasteiger partial charge in [-0.2, -0.15) is 13.2 Å². The Bertz CT molecular complexity index is 1080. The number of carboxylic acids is 1. The predicted octanol–water partition coefficient (Wildman–Crippen LogP) is 6.46. The minimum absolute atomic E-state index is 0.0999. The molecule has 0 saturated carbocycles. The zero-order chi connectivity index (χ0) is 26.7. The van der Waals surface area contributed by atoms with Crippen molar-refractivity contribution in [3.63, 3.8) is 0 Å². The van der Waals surface area contributed by atoms with Gasteiger partial charge in [0.1, 0.15) is 0 Å². The van der Waals surface area contributed by atoms with Crippen molar-refractivity contribution < 1.29 is 27.9 Å². The topological polar surface area (TPSA) is 69.6 Å². The normalized spacial score (nSPS) is 23.5. The largest absolute Gasteiger partial charge is 0.481 e. The van der Waals surface area contributed by atoms with E-state index in [1.54, 1.807) is 61.2 Å². The van der Waals surface area contributed by atoms with E-state index in [2.05, 4.69) is 5.32 Å². The smallest absolute Gasteiger partial charge is 0.401 e. The van der Waals surface area contributed by atoms with Gasteiger partial charge < -0.3 is 15.3 Å². The SMILES string of the molecule is CCC(CNCC(F)(F)F)N1C(=O)C(C)(CC(=O)O)CC(c2cccc(Cl)c2)C1c1ccc(Cl)cc1. The Morgan fingerprint density at radius 3 is 2.39 bits per heavy atom. The molecule has 4 atom stereocenters. The lowest BCUT2D eigenvalue weighted by molar-refractivity contribution is -0.160. The molecule has 0 aliphatic carbocycles. The van der Waals surface area contributed by atoms with Crippen molar-refractivity contribution in [1.82, 2.24) is 10.2 Å². The lowest BCUT2D eigenvalue weighted by Gasteiger charge is -2.52. The van der Waals surface area contributed by atoms with Crippen LogP contribution in [0.25, 0.3) is 0 Å². The van der Waals surface area contributed by atoms with E-state index in [1.807, 2.05) is 6.07 Å². The second-order valence-electron chi connectivity index (χ2n) is 9.51. The van der Waals surface area contributed by atoms with Gasteiger partial charge in [-0.3, -0.25) is 9.59 Å². The van der Waals surface area contributed by atoms with Crippen molar-refractivity contribution >= 4 is 35.1 Å². The summed E-state index contributed by atoms with van der Waals surface area (Å²) in [5, 5.41) is 13.1. The average molecular weight is 545 g/mol. The van der Waals surface area contributed by atoms with Gasteiger partial charge >= 0.3 is 12.1 Å². The number of carboxylic acid groups (broad SMARTS) is 1. The van der Waals surface area contributed by atoms with Gasteiger partial charge in [0.2, 0.25) is 5.91 Å². The van der Waals surface area contributed by atoms with Crippen LogP contribution in [-0.4, -0.2) is 47.2 Å². The molecule has 0 radical (unpaired) electrons. The highest BCUT2D eigenvalue weighted by Gasteiger charge is 2.52. The van der Waals surface area contributed by atoms with Crippen molar-refractivity contribution in [3.8, 4) is 0 Å². The maximum Gasteiger partial charge on any atom is 0.401 e. The van der Waals surface area contributed by atoms with Crippen LogP contribution in [0.2, 0.25) is 10.0 Å². The summed E-state index contributed by atoms with van der Waals surface area (Å²) in [5.41, 5.74) is 0.304. The zero-order valence-electron chi connectivity index (χ0n) is 20.0. The van der Waals surface area contributed by atoms with Gasteiger partial charge in [-0.05, 0) is 48.2 Å². The molecule has 2 N–H and O–H groups in total. The number of nitrogens with one attached hydrogen (secondary N) is 1. The Morgan fingerprint density at radius 1 is 1.17 bits per heavy atom. The third-order valence-corrected chi connectivity index (χ3v) is 7.19. The third-order valence-electron chi connectivity index (χ3n) is 6.70. The van der Waals surface area contributed by atoms with Crippen LogP contribution in [0.15, 0.2) is 48.5 Å². The number of likely N-dealkylation sites (tertiary alicyclic amines) is 1. The Labute approximate surface area is 218 Å². The second-order valence-corrected chi connectivity index (χ2v) is 10.4. The first-order valence-electron chi connectivity index (χ1n) is 11.7. The summed E-state index contributed by atoms with van der Waals surface area (Å²) in [6, 6.07) is 13.0. The fourth-order valence-electron chi connectivity index (χ4n) is 5.10. The molecule has 1 heterocycles. The summed E-state index contributed by atoms with van der Waals surface area (Å²) >= 11 is 12.4. The molecule has 3 rings (SSSR count). The molecule has 0 spiro atoms. The molecule has 0 aromatic heterocycles. The summed E-state index contributed by atoms with van der Waals surface area (Å²) in [6.45, 7) is 2.12. The molecular weight excluding hydrogens is 516 g/mol. The first-order valence-corrected chi connectivity index (χ1v) is 12.4. The molecule has 1 aliphatic heterocycles. The van der Waals surface area contributed by atoms with E-state index in [1.165, 1.54) is 0 Å². The van der Waals surface area contributed by atoms with Gasteiger partial charge in [-0.15, -0.1) is 0 Å². The monoisotopic (exact) mass is 544 g/mol. The van der Waals surface area contributed by atoms with E-state index in [0.29, 0.717) is 16.5 Å². The minimum Gasteiger partial charge on any atom is -0.481 e. The number of nitrogens with zero attached hydrogens (tertiary/aromatic N) is 1. The molecular formula is C26H29Cl2F3N2O3. The Kier molecular flexibility index (Phi) is 8.96. The number of hydrogen-bond donors (Lipinski definition) is 2. The number of piperidine rings is 1. The van der Waals surface area contributed by atoms with Crippen LogP contribution in [-0.2, 0) is 9.59 Å². The maximum atomic E-state index is 14.0. The van der Waals surface area contributed by atoms with Crippen molar-refractivity contribution in [2.75, 3.05) is 13.1 Å². The number of benzene rings is 2. The number of hydrogen-bond acceptors (Lipinski definition) is 3. The summed E-state index contributed by atoms with van der Waals surface area (Å²) in [6.07, 6.45) is -4.21. The van der Waals surface area contributed by atoms with E-state index >= 15 is 0 Å². The van der Waals surface area contributed by atoms with Crippen LogP contribution in [0.1, 0.15) is 56.2 Å². The lowest BCUT2D eigenvalue weighted by atomic mass is 9.67. The summed E-state index contributed by atoms with van der Waals surface area (Å²) in [5.74, 6) is -1.88. The average Bonchev–Trinajstić information content (AvgIpc) is 2.78. The number of alkyl halides is 3. The molecule has 196 valence electrons. The molecule has 4 unspecified atom stereocenters. The summed E-state index contributed by atoms with van der Waals surface area (Å²) in [4.78, 5) is 27.4. The van der Waals surface area contributed by atoms with Crippen LogP contribution in [0, 0.1) is 5.41 Å². The number of carbonyl (C=O) groups is 2. The molecule has 5 nitrogen and oxygen atoms in total. The maximum absolute atomic E-state index is 14.0.